The van der Waals surface area contributed by atoms with Gasteiger partial charge in [-0.1, -0.05) is 73.5 Å². The van der Waals surface area contributed by atoms with Crippen LogP contribution in [0, 0.1) is 12.8 Å². The summed E-state index contributed by atoms with van der Waals surface area (Å²) in [6.45, 7) is 2.45. The molecule has 1 saturated carbocycles. The third-order valence-corrected chi connectivity index (χ3v) is 8.49. The molecule has 2 unspecified atom stereocenters. The number of carboxylic acid groups (broad SMARTS) is 1. The number of nitrogens with zero attached hydrogens (tertiary/aromatic N) is 1. The Balaban J connectivity index is 1.52. The first-order valence-corrected chi connectivity index (χ1v) is 14.5. The monoisotopic (exact) mass is 574 g/mol. The third-order valence-electron chi connectivity index (χ3n) is 7.75. The number of hydrogen-bond donors (Lipinski definition) is 2. The minimum atomic E-state index is -0.898. The number of nitrogens with one attached hydrogen (secondary N) is 1. The lowest BCUT2D eigenvalue weighted by molar-refractivity contribution is -0.139. The molecule has 0 radical (unpaired) electrons. The van der Waals surface area contributed by atoms with Crippen LogP contribution in [-0.4, -0.2) is 40.9 Å². The molecule has 2 aliphatic rings. The number of aryl methyl sites for hydroxylation is 1. The molecule has 7 nitrogen and oxygen atoms in total. The number of amides is 2. The zero-order valence-corrected chi connectivity index (χ0v) is 23.8. The molecule has 2 atom stereocenters. The molecule has 210 valence electrons. The highest BCUT2D eigenvalue weighted by Gasteiger charge is 2.29. The molecule has 1 aliphatic heterocycles. The highest BCUT2D eigenvalue weighted by atomic mass is 35.5. The number of benzene rings is 2. The van der Waals surface area contributed by atoms with Gasteiger partial charge < -0.3 is 15.2 Å². The van der Waals surface area contributed by atoms with Crippen LogP contribution in [0.3, 0.4) is 0 Å². The number of carbonyl (C=O) groups is 3. The van der Waals surface area contributed by atoms with Gasteiger partial charge in [0.1, 0.15) is 12.4 Å². The molecule has 0 bridgehead atoms. The Bertz CT molecular complexity index is 1180. The number of likely N-dealkylation sites (tertiary alicyclic amines) is 1. The fourth-order valence-corrected chi connectivity index (χ4v) is 5.95. The zero-order chi connectivity index (χ0) is 27.9. The summed E-state index contributed by atoms with van der Waals surface area (Å²) in [5, 5.41) is 14.2. The van der Waals surface area contributed by atoms with E-state index < -0.39 is 12.0 Å². The smallest absolute Gasteiger partial charge is 0.305 e. The van der Waals surface area contributed by atoms with Crippen LogP contribution in [0.2, 0.25) is 10.0 Å². The number of ether oxygens (including phenoxy) is 1. The van der Waals surface area contributed by atoms with E-state index in [-0.39, 0.29) is 50.3 Å². The number of imide groups is 1. The Hall–Kier alpha value is -2.61. The lowest BCUT2D eigenvalue weighted by Gasteiger charge is -2.31. The standard InChI is InChI=1S/C30H36Cl2N2O5/c1-19-15-21(8-10-27(19)39-14-13-34-28(35)11-12-29(34)36)25(16-20-5-3-2-4-6-20)33-26(18-30(37)38)22-7-9-23(31)24(32)17-22/h7-10,15,17,20,25-26,33H,2-6,11-14,16,18H2,1H3,(H,37,38). The van der Waals surface area contributed by atoms with Crippen molar-refractivity contribution in [1.29, 1.82) is 0 Å². The molecule has 1 saturated heterocycles. The molecule has 2 amide bonds. The van der Waals surface area contributed by atoms with E-state index in [0.717, 1.165) is 23.1 Å². The molecular formula is C30H36Cl2N2O5. The van der Waals surface area contributed by atoms with E-state index in [0.29, 0.717) is 21.7 Å². The van der Waals surface area contributed by atoms with Crippen molar-refractivity contribution in [1.82, 2.24) is 10.2 Å². The van der Waals surface area contributed by atoms with E-state index in [1.165, 1.54) is 37.0 Å². The van der Waals surface area contributed by atoms with E-state index in [1.54, 1.807) is 12.1 Å². The van der Waals surface area contributed by atoms with E-state index in [4.69, 9.17) is 27.9 Å². The summed E-state index contributed by atoms with van der Waals surface area (Å²) in [6, 6.07) is 10.8. The van der Waals surface area contributed by atoms with Crippen LogP contribution in [0.5, 0.6) is 5.75 Å². The van der Waals surface area contributed by atoms with Crippen molar-refractivity contribution < 1.29 is 24.2 Å². The molecule has 2 aromatic rings. The summed E-state index contributed by atoms with van der Waals surface area (Å²) in [5.74, 6) is 0.0587. The highest BCUT2D eigenvalue weighted by molar-refractivity contribution is 6.42. The quantitative estimate of drug-likeness (QED) is 0.275. The average Bonchev–Trinajstić information content (AvgIpc) is 3.23. The van der Waals surface area contributed by atoms with Crippen molar-refractivity contribution in [3.63, 3.8) is 0 Å². The molecule has 39 heavy (non-hydrogen) atoms. The lowest BCUT2D eigenvalue weighted by Crippen LogP contribution is -2.33. The molecule has 2 N–H and O–H groups in total. The van der Waals surface area contributed by atoms with Gasteiger partial charge in [-0.25, -0.2) is 0 Å². The van der Waals surface area contributed by atoms with Crippen molar-refractivity contribution in [3.8, 4) is 5.75 Å². The summed E-state index contributed by atoms with van der Waals surface area (Å²) in [7, 11) is 0. The van der Waals surface area contributed by atoms with Gasteiger partial charge in [-0.05, 0) is 54.2 Å². The first kappa shape index (κ1) is 29.4. The largest absolute Gasteiger partial charge is 0.491 e. The Morgan fingerprint density at radius 1 is 1.00 bits per heavy atom. The highest BCUT2D eigenvalue weighted by Crippen LogP contribution is 2.36. The molecule has 1 aliphatic carbocycles. The van der Waals surface area contributed by atoms with E-state index >= 15 is 0 Å². The van der Waals surface area contributed by atoms with Gasteiger partial charge in [0.2, 0.25) is 11.8 Å². The normalized spacial score (nSPS) is 17.9. The summed E-state index contributed by atoms with van der Waals surface area (Å²) >= 11 is 12.4. The number of carboxylic acids is 1. The van der Waals surface area contributed by atoms with E-state index in [9.17, 15) is 19.5 Å². The average molecular weight is 576 g/mol. The first-order chi connectivity index (χ1) is 18.7. The van der Waals surface area contributed by atoms with Gasteiger partial charge in [-0.2, -0.15) is 0 Å². The summed E-state index contributed by atoms with van der Waals surface area (Å²) < 4.78 is 5.94. The van der Waals surface area contributed by atoms with Crippen LogP contribution in [0.25, 0.3) is 0 Å². The molecule has 2 fully saturated rings. The van der Waals surface area contributed by atoms with Crippen LogP contribution in [0.1, 0.15) is 86.6 Å². The van der Waals surface area contributed by atoms with Crippen LogP contribution >= 0.6 is 23.2 Å². The predicted octanol–water partition coefficient (Wildman–Crippen LogP) is 6.65. The molecule has 0 spiro atoms. The Morgan fingerprint density at radius 2 is 1.67 bits per heavy atom. The van der Waals surface area contributed by atoms with Crippen molar-refractivity contribution >= 4 is 41.0 Å². The molecule has 9 heteroatoms. The van der Waals surface area contributed by atoms with Gasteiger partial charge in [0, 0.05) is 24.9 Å². The second kappa shape index (κ2) is 13.6. The van der Waals surface area contributed by atoms with Gasteiger partial charge in [0.05, 0.1) is 23.0 Å². The number of rotatable bonds is 12. The van der Waals surface area contributed by atoms with E-state index in [2.05, 4.69) is 11.4 Å². The molecule has 0 aromatic heterocycles. The second-order valence-corrected chi connectivity index (χ2v) is 11.4. The Kier molecular flexibility index (Phi) is 10.3. The van der Waals surface area contributed by atoms with Gasteiger partial charge in [0.25, 0.3) is 0 Å². The van der Waals surface area contributed by atoms with Gasteiger partial charge >= 0.3 is 5.97 Å². The molecule has 4 rings (SSSR count). The minimum absolute atomic E-state index is 0.0699. The lowest BCUT2D eigenvalue weighted by atomic mass is 9.82. The predicted molar refractivity (Wildman–Crippen MR) is 151 cm³/mol. The van der Waals surface area contributed by atoms with Gasteiger partial charge in [-0.3, -0.25) is 19.3 Å². The van der Waals surface area contributed by atoms with E-state index in [1.807, 2.05) is 25.1 Å². The summed E-state index contributed by atoms with van der Waals surface area (Å²) in [6.07, 6.45) is 7.39. The maximum absolute atomic E-state index is 11.9. The van der Waals surface area contributed by atoms with Crippen LogP contribution < -0.4 is 10.1 Å². The van der Waals surface area contributed by atoms with Crippen molar-refractivity contribution in [3.05, 3.63) is 63.1 Å². The number of aliphatic carboxylic acids is 1. The van der Waals surface area contributed by atoms with Gasteiger partial charge in [0.15, 0.2) is 0 Å². The zero-order valence-electron chi connectivity index (χ0n) is 22.3. The third kappa shape index (κ3) is 7.96. The van der Waals surface area contributed by atoms with Crippen LogP contribution in [0.15, 0.2) is 36.4 Å². The number of hydrogen-bond acceptors (Lipinski definition) is 5. The fourth-order valence-electron chi connectivity index (χ4n) is 5.65. The van der Waals surface area contributed by atoms with Gasteiger partial charge in [-0.15, -0.1) is 0 Å². The number of halogens is 2. The van der Waals surface area contributed by atoms with Crippen molar-refractivity contribution in [2.24, 2.45) is 5.92 Å². The molecule has 2 aromatic carbocycles. The first-order valence-electron chi connectivity index (χ1n) is 13.7. The maximum atomic E-state index is 11.9. The Morgan fingerprint density at radius 3 is 2.31 bits per heavy atom. The Labute approximate surface area is 239 Å². The summed E-state index contributed by atoms with van der Waals surface area (Å²) in [5.41, 5.74) is 2.78. The minimum Gasteiger partial charge on any atom is -0.491 e. The fraction of sp³-hybridized carbons (Fsp3) is 0.500. The van der Waals surface area contributed by atoms with Crippen LogP contribution in [-0.2, 0) is 14.4 Å². The number of carbonyl (C=O) groups excluding carboxylic acids is 2. The van der Waals surface area contributed by atoms with Crippen molar-refractivity contribution in [2.45, 2.75) is 76.8 Å². The molecular weight excluding hydrogens is 539 g/mol. The van der Waals surface area contributed by atoms with Crippen molar-refractivity contribution in [2.75, 3.05) is 13.2 Å². The molecule has 1 heterocycles. The SMILES string of the molecule is Cc1cc(C(CC2CCCCC2)NC(CC(=O)O)c2ccc(Cl)c(Cl)c2)ccc1OCCN1C(=O)CCC1=O. The summed E-state index contributed by atoms with van der Waals surface area (Å²) in [4.78, 5) is 36.8. The topological polar surface area (TPSA) is 95.9 Å². The second-order valence-electron chi connectivity index (χ2n) is 10.6. The van der Waals surface area contributed by atoms with Crippen LogP contribution in [0.4, 0.5) is 0 Å². The maximum Gasteiger partial charge on any atom is 0.305 e.